The lowest BCUT2D eigenvalue weighted by atomic mass is 10.00. The molecule has 0 spiro atoms. The van der Waals surface area contributed by atoms with Crippen LogP contribution >= 0.6 is 0 Å². The van der Waals surface area contributed by atoms with Gasteiger partial charge in [0.05, 0.1) is 6.26 Å². The molecule has 2 aromatic rings. The monoisotopic (exact) mass is 218 g/mol. The van der Waals surface area contributed by atoms with Crippen LogP contribution in [-0.2, 0) is 11.2 Å². The first-order valence-electron chi connectivity index (χ1n) is 5.36. The average molecular weight is 218 g/mol. The minimum absolute atomic E-state index is 0.225. The molecule has 3 nitrogen and oxygen atoms in total. The second-order valence-electron chi connectivity index (χ2n) is 3.93. The van der Waals surface area contributed by atoms with Crippen molar-refractivity contribution in [3.05, 3.63) is 35.6 Å². The molecule has 0 saturated heterocycles. The van der Waals surface area contributed by atoms with Gasteiger partial charge in [-0.3, -0.25) is 4.79 Å². The molecule has 0 fully saturated rings. The van der Waals surface area contributed by atoms with Gasteiger partial charge in [0.25, 0.3) is 0 Å². The molecule has 0 aliphatic heterocycles. The van der Waals surface area contributed by atoms with E-state index in [0.717, 1.165) is 17.4 Å². The Morgan fingerprint density at radius 2 is 2.19 bits per heavy atom. The predicted octanol–water partition coefficient (Wildman–Crippen LogP) is 3.15. The third-order valence-electron chi connectivity index (χ3n) is 2.85. The Hall–Kier alpha value is -1.77. The molecular weight excluding hydrogens is 204 g/mol. The third kappa shape index (κ3) is 2.08. The van der Waals surface area contributed by atoms with E-state index in [4.69, 9.17) is 9.52 Å². The maximum atomic E-state index is 10.4. The fraction of sp³-hybridized carbons (Fsp3) is 0.308. The molecule has 1 aromatic heterocycles. The fourth-order valence-corrected chi connectivity index (χ4v) is 1.93. The topological polar surface area (TPSA) is 50.4 Å². The molecule has 84 valence electrons. The number of rotatable bonds is 4. The van der Waals surface area contributed by atoms with Crippen molar-refractivity contribution in [1.82, 2.24) is 0 Å². The highest BCUT2D eigenvalue weighted by Crippen LogP contribution is 2.23. The van der Waals surface area contributed by atoms with Crippen molar-refractivity contribution < 1.29 is 14.3 Å². The number of hydrogen-bond acceptors (Lipinski definition) is 2. The number of benzene rings is 1. The summed E-state index contributed by atoms with van der Waals surface area (Å²) in [6.45, 7) is 2.05. The number of hydrogen-bond donors (Lipinski definition) is 1. The van der Waals surface area contributed by atoms with E-state index in [9.17, 15) is 4.79 Å². The molecule has 0 unspecified atom stereocenters. The third-order valence-corrected chi connectivity index (χ3v) is 2.85. The summed E-state index contributed by atoms with van der Waals surface area (Å²) in [4.78, 5) is 10.4. The van der Waals surface area contributed by atoms with Crippen LogP contribution in [0.5, 0.6) is 0 Å². The van der Waals surface area contributed by atoms with Crippen LogP contribution in [0.4, 0.5) is 0 Å². The van der Waals surface area contributed by atoms with Gasteiger partial charge in [0.15, 0.2) is 0 Å². The summed E-state index contributed by atoms with van der Waals surface area (Å²) in [5.41, 5.74) is 3.28. The SMILES string of the molecule is Cc1c(CCCC(=O)O)ccc2occc12. The van der Waals surface area contributed by atoms with Crippen LogP contribution in [0.15, 0.2) is 28.9 Å². The van der Waals surface area contributed by atoms with Gasteiger partial charge in [-0.25, -0.2) is 0 Å². The van der Waals surface area contributed by atoms with E-state index in [-0.39, 0.29) is 6.42 Å². The van der Waals surface area contributed by atoms with Crippen LogP contribution in [0, 0.1) is 6.92 Å². The Balaban J connectivity index is 2.17. The van der Waals surface area contributed by atoms with Crippen LogP contribution in [0.3, 0.4) is 0 Å². The second-order valence-corrected chi connectivity index (χ2v) is 3.93. The Labute approximate surface area is 93.7 Å². The Kier molecular flexibility index (Phi) is 2.95. The van der Waals surface area contributed by atoms with Crippen molar-refractivity contribution in [2.24, 2.45) is 0 Å². The summed E-state index contributed by atoms with van der Waals surface area (Å²) in [7, 11) is 0. The molecule has 1 N–H and O–H groups in total. The van der Waals surface area contributed by atoms with Crippen LogP contribution < -0.4 is 0 Å². The highest BCUT2D eigenvalue weighted by Gasteiger charge is 2.06. The standard InChI is InChI=1S/C13H14O3/c1-9-10(3-2-4-13(14)15)5-6-12-11(9)7-8-16-12/h5-8H,2-4H2,1H3,(H,14,15). The number of carbonyl (C=O) groups is 1. The van der Waals surface area contributed by atoms with Gasteiger partial charge in [-0.2, -0.15) is 0 Å². The first kappa shape index (κ1) is 10.7. The fourth-order valence-electron chi connectivity index (χ4n) is 1.93. The number of aryl methyl sites for hydroxylation is 2. The van der Waals surface area contributed by atoms with Crippen molar-refractivity contribution in [3.8, 4) is 0 Å². The van der Waals surface area contributed by atoms with E-state index in [2.05, 4.69) is 0 Å². The second kappa shape index (κ2) is 4.39. The lowest BCUT2D eigenvalue weighted by Gasteiger charge is -2.05. The molecule has 0 saturated carbocycles. The largest absolute Gasteiger partial charge is 0.481 e. The van der Waals surface area contributed by atoms with E-state index in [0.29, 0.717) is 6.42 Å². The van der Waals surface area contributed by atoms with Gasteiger partial charge in [-0.05, 0) is 43.0 Å². The van der Waals surface area contributed by atoms with Crippen LogP contribution in [0.1, 0.15) is 24.0 Å². The van der Waals surface area contributed by atoms with Crippen molar-refractivity contribution in [1.29, 1.82) is 0 Å². The minimum atomic E-state index is -0.734. The predicted molar refractivity (Wildman–Crippen MR) is 61.5 cm³/mol. The molecule has 0 aliphatic rings. The number of furan rings is 1. The van der Waals surface area contributed by atoms with Crippen LogP contribution in [0.25, 0.3) is 11.0 Å². The molecule has 0 atom stereocenters. The molecule has 0 bridgehead atoms. The lowest BCUT2D eigenvalue weighted by molar-refractivity contribution is -0.137. The van der Waals surface area contributed by atoms with Crippen molar-refractivity contribution in [3.63, 3.8) is 0 Å². The molecule has 1 aromatic carbocycles. The van der Waals surface area contributed by atoms with Crippen molar-refractivity contribution in [2.75, 3.05) is 0 Å². The summed E-state index contributed by atoms with van der Waals surface area (Å²) >= 11 is 0. The van der Waals surface area contributed by atoms with Gasteiger partial charge < -0.3 is 9.52 Å². The zero-order valence-corrected chi connectivity index (χ0v) is 9.19. The van der Waals surface area contributed by atoms with Gasteiger partial charge >= 0.3 is 5.97 Å². The Bertz CT molecular complexity index is 511. The Morgan fingerprint density at radius 1 is 1.38 bits per heavy atom. The smallest absolute Gasteiger partial charge is 0.303 e. The first-order valence-corrected chi connectivity index (χ1v) is 5.36. The maximum absolute atomic E-state index is 10.4. The minimum Gasteiger partial charge on any atom is -0.481 e. The molecule has 0 radical (unpaired) electrons. The molecular formula is C13H14O3. The first-order chi connectivity index (χ1) is 7.68. The van der Waals surface area contributed by atoms with E-state index in [1.54, 1.807) is 6.26 Å². The summed E-state index contributed by atoms with van der Waals surface area (Å²) in [5, 5.41) is 9.70. The number of fused-ring (bicyclic) bond motifs is 1. The van der Waals surface area contributed by atoms with Gasteiger partial charge in [-0.15, -0.1) is 0 Å². The van der Waals surface area contributed by atoms with Gasteiger partial charge in [-0.1, -0.05) is 6.07 Å². The quantitative estimate of drug-likeness (QED) is 0.857. The summed E-state index contributed by atoms with van der Waals surface area (Å²) < 4.78 is 5.30. The number of aliphatic carboxylic acids is 1. The van der Waals surface area contributed by atoms with Crippen molar-refractivity contribution in [2.45, 2.75) is 26.2 Å². The molecule has 1 heterocycles. The lowest BCUT2D eigenvalue weighted by Crippen LogP contribution is -1.97. The normalized spacial score (nSPS) is 10.8. The number of carboxylic acids is 1. The molecule has 3 heteroatoms. The van der Waals surface area contributed by atoms with Gasteiger partial charge in [0.1, 0.15) is 5.58 Å². The summed E-state index contributed by atoms with van der Waals surface area (Å²) in [6.07, 6.45) is 3.39. The van der Waals surface area contributed by atoms with Crippen molar-refractivity contribution >= 4 is 16.9 Å². The highest BCUT2D eigenvalue weighted by atomic mass is 16.4. The molecule has 0 amide bonds. The zero-order chi connectivity index (χ0) is 11.5. The summed E-state index contributed by atoms with van der Waals surface area (Å²) in [6, 6.07) is 5.91. The maximum Gasteiger partial charge on any atom is 0.303 e. The van der Waals surface area contributed by atoms with Crippen LogP contribution in [0.2, 0.25) is 0 Å². The summed E-state index contributed by atoms with van der Waals surface area (Å²) in [5.74, 6) is -0.734. The zero-order valence-electron chi connectivity index (χ0n) is 9.19. The van der Waals surface area contributed by atoms with Gasteiger partial charge in [0, 0.05) is 11.8 Å². The van der Waals surface area contributed by atoms with E-state index in [1.807, 2.05) is 25.1 Å². The molecule has 0 aliphatic carbocycles. The van der Waals surface area contributed by atoms with E-state index < -0.39 is 5.97 Å². The van der Waals surface area contributed by atoms with Crippen LogP contribution in [-0.4, -0.2) is 11.1 Å². The number of carboxylic acid groups (broad SMARTS) is 1. The Morgan fingerprint density at radius 3 is 2.94 bits per heavy atom. The van der Waals surface area contributed by atoms with E-state index >= 15 is 0 Å². The molecule has 16 heavy (non-hydrogen) atoms. The highest BCUT2D eigenvalue weighted by molar-refractivity contribution is 5.81. The molecule has 2 rings (SSSR count). The van der Waals surface area contributed by atoms with Gasteiger partial charge in [0.2, 0.25) is 0 Å². The average Bonchev–Trinajstić information content (AvgIpc) is 2.69. The van der Waals surface area contributed by atoms with E-state index in [1.165, 1.54) is 11.1 Å².